The fraction of sp³-hybridized carbons (Fsp3) is 0.438. The van der Waals surface area contributed by atoms with Crippen molar-refractivity contribution in [3.63, 3.8) is 0 Å². The molecule has 4 nitrogen and oxygen atoms in total. The zero-order chi connectivity index (χ0) is 15.6. The number of hydrogen-bond acceptors (Lipinski definition) is 5. The van der Waals surface area contributed by atoms with Gasteiger partial charge in [0.15, 0.2) is 10.5 Å². The lowest BCUT2D eigenvalue weighted by atomic mass is 10.2. The maximum absolute atomic E-state index is 12.3. The standard InChI is InChI=1S/C16H20O4S/c1-9(2)18-11-6-13(19-10(3)4)16-12(17)8-15(21-5)20-14(16)7-11/h6-10H,1-5H3. The summed E-state index contributed by atoms with van der Waals surface area (Å²) >= 11 is 1.39. The van der Waals surface area contributed by atoms with E-state index in [0.717, 1.165) is 0 Å². The van der Waals surface area contributed by atoms with Crippen LogP contribution in [0.1, 0.15) is 27.7 Å². The number of rotatable bonds is 5. The third-order valence-corrected chi connectivity index (χ3v) is 3.28. The third kappa shape index (κ3) is 3.73. The van der Waals surface area contributed by atoms with Crippen molar-refractivity contribution in [2.45, 2.75) is 45.0 Å². The molecule has 0 aliphatic heterocycles. The fourth-order valence-corrected chi connectivity index (χ4v) is 2.39. The van der Waals surface area contributed by atoms with Crippen molar-refractivity contribution in [1.29, 1.82) is 0 Å². The van der Waals surface area contributed by atoms with Gasteiger partial charge in [-0.2, -0.15) is 0 Å². The van der Waals surface area contributed by atoms with Crippen LogP contribution in [0.5, 0.6) is 11.5 Å². The van der Waals surface area contributed by atoms with E-state index in [-0.39, 0.29) is 17.6 Å². The second-order valence-electron chi connectivity index (χ2n) is 5.26. The predicted molar refractivity (Wildman–Crippen MR) is 85.8 cm³/mol. The molecule has 1 aromatic heterocycles. The second kappa shape index (κ2) is 6.43. The largest absolute Gasteiger partial charge is 0.491 e. The van der Waals surface area contributed by atoms with E-state index >= 15 is 0 Å². The third-order valence-electron chi connectivity index (χ3n) is 2.68. The molecule has 0 atom stereocenters. The Morgan fingerprint density at radius 1 is 1.05 bits per heavy atom. The average molecular weight is 308 g/mol. The Labute approximate surface area is 128 Å². The molecule has 0 N–H and O–H groups in total. The molecule has 1 heterocycles. The van der Waals surface area contributed by atoms with Crippen molar-refractivity contribution in [2.24, 2.45) is 0 Å². The van der Waals surface area contributed by atoms with E-state index in [4.69, 9.17) is 13.9 Å². The smallest absolute Gasteiger partial charge is 0.197 e. The lowest BCUT2D eigenvalue weighted by Gasteiger charge is -2.15. The van der Waals surface area contributed by atoms with Crippen LogP contribution in [-0.4, -0.2) is 18.5 Å². The normalized spacial score (nSPS) is 11.4. The Morgan fingerprint density at radius 2 is 1.71 bits per heavy atom. The molecule has 0 unspecified atom stereocenters. The van der Waals surface area contributed by atoms with Gasteiger partial charge in [0.05, 0.1) is 12.2 Å². The molecule has 0 bridgehead atoms. The fourth-order valence-electron chi connectivity index (χ4n) is 1.99. The highest BCUT2D eigenvalue weighted by molar-refractivity contribution is 7.98. The molecular formula is C16H20O4S. The molecule has 0 spiro atoms. The van der Waals surface area contributed by atoms with Gasteiger partial charge in [-0.25, -0.2) is 0 Å². The molecule has 0 aliphatic rings. The van der Waals surface area contributed by atoms with Crippen molar-refractivity contribution < 1.29 is 13.9 Å². The highest BCUT2D eigenvalue weighted by Crippen LogP contribution is 2.32. The molecule has 2 aromatic rings. The number of benzene rings is 1. The van der Waals surface area contributed by atoms with Gasteiger partial charge in [0.1, 0.15) is 22.5 Å². The molecule has 114 valence electrons. The lowest BCUT2D eigenvalue weighted by Crippen LogP contribution is -2.11. The zero-order valence-electron chi connectivity index (χ0n) is 12.9. The summed E-state index contributed by atoms with van der Waals surface area (Å²) in [6, 6.07) is 4.98. The minimum Gasteiger partial charge on any atom is -0.491 e. The first-order valence-corrected chi connectivity index (χ1v) is 8.12. The van der Waals surface area contributed by atoms with Gasteiger partial charge in [-0.1, -0.05) is 11.8 Å². The number of fused-ring (bicyclic) bond motifs is 1. The molecule has 0 saturated carbocycles. The number of ether oxygens (including phenoxy) is 2. The first-order valence-electron chi connectivity index (χ1n) is 6.90. The van der Waals surface area contributed by atoms with Crippen LogP contribution < -0.4 is 14.9 Å². The minimum atomic E-state index is -0.104. The van der Waals surface area contributed by atoms with E-state index < -0.39 is 0 Å². The van der Waals surface area contributed by atoms with Gasteiger partial charge in [-0.05, 0) is 34.0 Å². The monoisotopic (exact) mass is 308 g/mol. The van der Waals surface area contributed by atoms with Crippen LogP contribution >= 0.6 is 11.8 Å². The molecule has 21 heavy (non-hydrogen) atoms. The highest BCUT2D eigenvalue weighted by Gasteiger charge is 2.15. The lowest BCUT2D eigenvalue weighted by molar-refractivity contribution is 0.230. The van der Waals surface area contributed by atoms with Crippen molar-refractivity contribution >= 4 is 22.7 Å². The first kappa shape index (κ1) is 15.8. The van der Waals surface area contributed by atoms with Gasteiger partial charge in [0.2, 0.25) is 0 Å². The average Bonchev–Trinajstić information content (AvgIpc) is 2.36. The van der Waals surface area contributed by atoms with E-state index in [2.05, 4.69) is 0 Å². The topological polar surface area (TPSA) is 48.7 Å². The summed E-state index contributed by atoms with van der Waals surface area (Å²) in [6.07, 6.45) is 1.86. The molecule has 2 rings (SSSR count). The molecule has 0 radical (unpaired) electrons. The zero-order valence-corrected chi connectivity index (χ0v) is 13.7. The highest BCUT2D eigenvalue weighted by atomic mass is 32.2. The molecule has 0 saturated heterocycles. The summed E-state index contributed by atoms with van der Waals surface area (Å²) in [5.74, 6) is 1.13. The van der Waals surface area contributed by atoms with E-state index in [1.54, 1.807) is 12.1 Å². The summed E-state index contributed by atoms with van der Waals surface area (Å²) in [6.45, 7) is 7.72. The van der Waals surface area contributed by atoms with Gasteiger partial charge < -0.3 is 13.9 Å². The Balaban J connectivity index is 2.68. The van der Waals surface area contributed by atoms with Crippen molar-refractivity contribution in [3.05, 3.63) is 28.4 Å². The van der Waals surface area contributed by atoms with Gasteiger partial charge in [0, 0.05) is 18.2 Å². The summed E-state index contributed by atoms with van der Waals surface area (Å²) in [4.78, 5) is 12.3. The summed E-state index contributed by atoms with van der Waals surface area (Å²) < 4.78 is 17.2. The maximum atomic E-state index is 12.3. The summed E-state index contributed by atoms with van der Waals surface area (Å²) in [5.41, 5.74) is 0.382. The quantitative estimate of drug-likeness (QED) is 0.779. The Bertz CT molecular complexity index is 688. The van der Waals surface area contributed by atoms with Crippen molar-refractivity contribution in [1.82, 2.24) is 0 Å². The van der Waals surface area contributed by atoms with Crippen LogP contribution in [0.15, 0.2) is 32.5 Å². The van der Waals surface area contributed by atoms with Crippen LogP contribution in [0.2, 0.25) is 0 Å². The molecule has 5 heteroatoms. The van der Waals surface area contributed by atoms with Crippen LogP contribution in [0.25, 0.3) is 11.0 Å². The number of thioether (sulfide) groups is 1. The van der Waals surface area contributed by atoms with Crippen LogP contribution in [0, 0.1) is 0 Å². The van der Waals surface area contributed by atoms with Crippen molar-refractivity contribution in [2.75, 3.05) is 6.26 Å². The van der Waals surface area contributed by atoms with Crippen LogP contribution in [0.3, 0.4) is 0 Å². The Kier molecular flexibility index (Phi) is 4.83. The molecule has 0 fully saturated rings. The Hall–Kier alpha value is -1.62. The van der Waals surface area contributed by atoms with E-state index in [0.29, 0.717) is 27.6 Å². The molecule has 0 amide bonds. The predicted octanol–water partition coefficient (Wildman–Crippen LogP) is 4.09. The molecular weight excluding hydrogens is 288 g/mol. The minimum absolute atomic E-state index is 0.0322. The van der Waals surface area contributed by atoms with Gasteiger partial charge >= 0.3 is 0 Å². The summed E-state index contributed by atoms with van der Waals surface area (Å²) in [7, 11) is 0. The first-order chi connectivity index (χ1) is 9.90. The van der Waals surface area contributed by atoms with Gasteiger partial charge in [-0.3, -0.25) is 4.79 Å². The van der Waals surface area contributed by atoms with E-state index in [1.165, 1.54) is 17.8 Å². The maximum Gasteiger partial charge on any atom is 0.197 e. The number of hydrogen-bond donors (Lipinski definition) is 0. The van der Waals surface area contributed by atoms with Crippen LogP contribution in [0.4, 0.5) is 0 Å². The summed E-state index contributed by atoms with van der Waals surface area (Å²) in [5, 5.41) is 1.03. The molecule has 0 aliphatic carbocycles. The molecule has 1 aromatic carbocycles. The van der Waals surface area contributed by atoms with Crippen molar-refractivity contribution in [3.8, 4) is 11.5 Å². The second-order valence-corrected chi connectivity index (χ2v) is 6.07. The van der Waals surface area contributed by atoms with Crippen LogP contribution in [-0.2, 0) is 0 Å². The van der Waals surface area contributed by atoms with E-state index in [9.17, 15) is 4.79 Å². The van der Waals surface area contributed by atoms with Gasteiger partial charge in [-0.15, -0.1) is 0 Å². The van der Waals surface area contributed by atoms with Gasteiger partial charge in [0.25, 0.3) is 0 Å². The SMILES string of the molecule is CSc1cc(=O)c2c(OC(C)C)cc(OC(C)C)cc2o1. The Morgan fingerprint density at radius 3 is 2.29 bits per heavy atom. The van der Waals surface area contributed by atoms with E-state index in [1.807, 2.05) is 34.0 Å².